The number of amides is 1. The van der Waals surface area contributed by atoms with Crippen LogP contribution in [0.2, 0.25) is 0 Å². The van der Waals surface area contributed by atoms with Gasteiger partial charge in [-0.1, -0.05) is 18.2 Å². The molecule has 0 radical (unpaired) electrons. The molecule has 8 heteroatoms. The van der Waals surface area contributed by atoms with Crippen molar-refractivity contribution in [2.75, 3.05) is 18.5 Å². The Kier molecular flexibility index (Phi) is 5.69. The monoisotopic (exact) mass is 387 g/mol. The Bertz CT molecular complexity index is 986. The molecule has 2 aromatic rings. The number of aryl methyl sites for hydroxylation is 1. The van der Waals surface area contributed by atoms with Gasteiger partial charge in [0.2, 0.25) is 15.9 Å². The van der Waals surface area contributed by atoms with Crippen LogP contribution in [0.1, 0.15) is 23.5 Å². The Hall–Kier alpha value is -2.55. The SMILES string of the molecule is Cc1cccc2c1C(C=Nc1cccc(S(=O)(=O)NCCCO)c1)C(=O)N2. The number of carbonyl (C=O) groups is 1. The molecule has 1 amide bonds. The van der Waals surface area contributed by atoms with Crippen molar-refractivity contribution in [2.24, 2.45) is 4.99 Å². The predicted molar refractivity (Wildman–Crippen MR) is 104 cm³/mol. The van der Waals surface area contributed by atoms with E-state index >= 15 is 0 Å². The molecule has 1 atom stereocenters. The van der Waals surface area contributed by atoms with Crippen molar-refractivity contribution in [1.29, 1.82) is 0 Å². The number of aliphatic hydroxyl groups is 1. The van der Waals surface area contributed by atoms with E-state index in [0.29, 0.717) is 12.1 Å². The molecule has 0 saturated carbocycles. The summed E-state index contributed by atoms with van der Waals surface area (Å²) in [5.74, 6) is -0.665. The van der Waals surface area contributed by atoms with E-state index in [4.69, 9.17) is 5.11 Å². The second-order valence-electron chi connectivity index (χ2n) is 6.25. The highest BCUT2D eigenvalue weighted by molar-refractivity contribution is 7.89. The second-order valence-corrected chi connectivity index (χ2v) is 8.02. The van der Waals surface area contributed by atoms with Crippen LogP contribution in [0.4, 0.5) is 11.4 Å². The van der Waals surface area contributed by atoms with Crippen LogP contribution in [-0.2, 0) is 14.8 Å². The number of hydrogen-bond donors (Lipinski definition) is 3. The quantitative estimate of drug-likeness (QED) is 0.499. The predicted octanol–water partition coefficient (Wildman–Crippen LogP) is 2.09. The summed E-state index contributed by atoms with van der Waals surface area (Å²) in [5, 5.41) is 11.6. The molecule has 27 heavy (non-hydrogen) atoms. The summed E-state index contributed by atoms with van der Waals surface area (Å²) in [7, 11) is -3.67. The zero-order valence-corrected chi connectivity index (χ0v) is 15.7. The summed E-state index contributed by atoms with van der Waals surface area (Å²) in [6.45, 7) is 2.01. The van der Waals surface area contributed by atoms with Gasteiger partial charge in [-0.25, -0.2) is 13.1 Å². The van der Waals surface area contributed by atoms with Crippen molar-refractivity contribution >= 4 is 33.5 Å². The zero-order valence-electron chi connectivity index (χ0n) is 14.8. The second kappa shape index (κ2) is 7.99. The molecular formula is C19H21N3O4S. The smallest absolute Gasteiger partial charge is 0.240 e. The minimum absolute atomic E-state index is 0.0857. The molecule has 0 bridgehead atoms. The molecule has 0 saturated heterocycles. The molecule has 0 aromatic heterocycles. The molecule has 0 spiro atoms. The van der Waals surface area contributed by atoms with Gasteiger partial charge in [0.1, 0.15) is 5.92 Å². The van der Waals surface area contributed by atoms with Crippen LogP contribution in [0.15, 0.2) is 52.4 Å². The largest absolute Gasteiger partial charge is 0.396 e. The van der Waals surface area contributed by atoms with Gasteiger partial charge in [-0.2, -0.15) is 0 Å². The molecule has 2 aromatic carbocycles. The van der Waals surface area contributed by atoms with E-state index in [9.17, 15) is 13.2 Å². The van der Waals surface area contributed by atoms with Gasteiger partial charge in [0.25, 0.3) is 0 Å². The van der Waals surface area contributed by atoms with E-state index in [2.05, 4.69) is 15.0 Å². The van der Waals surface area contributed by atoms with Crippen LogP contribution >= 0.6 is 0 Å². The van der Waals surface area contributed by atoms with Crippen LogP contribution < -0.4 is 10.0 Å². The summed E-state index contributed by atoms with van der Waals surface area (Å²) in [5.41, 5.74) is 3.10. The summed E-state index contributed by atoms with van der Waals surface area (Å²) < 4.78 is 27.0. The van der Waals surface area contributed by atoms with E-state index < -0.39 is 15.9 Å². The zero-order chi connectivity index (χ0) is 19.4. The van der Waals surface area contributed by atoms with Gasteiger partial charge in [0, 0.05) is 25.1 Å². The third-order valence-corrected chi connectivity index (χ3v) is 5.76. The molecule has 142 valence electrons. The van der Waals surface area contributed by atoms with E-state index in [0.717, 1.165) is 16.8 Å². The number of aliphatic hydroxyl groups excluding tert-OH is 1. The number of benzene rings is 2. The fourth-order valence-electron chi connectivity index (χ4n) is 2.95. The summed E-state index contributed by atoms with van der Waals surface area (Å²) >= 11 is 0. The maximum Gasteiger partial charge on any atom is 0.240 e. The summed E-state index contributed by atoms with van der Waals surface area (Å²) in [4.78, 5) is 16.7. The lowest BCUT2D eigenvalue weighted by atomic mass is 9.97. The number of aliphatic imine (C=N–C) groups is 1. The molecule has 3 rings (SSSR count). The maximum atomic E-state index is 12.3. The van der Waals surface area contributed by atoms with Gasteiger partial charge in [-0.05, 0) is 48.7 Å². The van der Waals surface area contributed by atoms with Gasteiger partial charge in [-0.3, -0.25) is 9.79 Å². The van der Waals surface area contributed by atoms with Crippen LogP contribution in [0.5, 0.6) is 0 Å². The van der Waals surface area contributed by atoms with Gasteiger partial charge in [0.05, 0.1) is 10.6 Å². The van der Waals surface area contributed by atoms with Gasteiger partial charge >= 0.3 is 0 Å². The first-order chi connectivity index (χ1) is 12.9. The molecule has 1 unspecified atom stereocenters. The Morgan fingerprint density at radius 3 is 2.81 bits per heavy atom. The Morgan fingerprint density at radius 2 is 2.04 bits per heavy atom. The Balaban J connectivity index is 1.82. The minimum Gasteiger partial charge on any atom is -0.396 e. The van der Waals surface area contributed by atoms with Crippen molar-refractivity contribution in [3.8, 4) is 0 Å². The van der Waals surface area contributed by atoms with Crippen molar-refractivity contribution in [1.82, 2.24) is 4.72 Å². The highest BCUT2D eigenvalue weighted by atomic mass is 32.2. The Labute approximate surface area is 158 Å². The van der Waals surface area contributed by atoms with Crippen molar-refractivity contribution in [3.05, 3.63) is 53.6 Å². The van der Waals surface area contributed by atoms with Gasteiger partial charge in [-0.15, -0.1) is 0 Å². The molecule has 1 heterocycles. The average molecular weight is 387 g/mol. The molecule has 0 aliphatic carbocycles. The fraction of sp³-hybridized carbons (Fsp3) is 0.263. The maximum absolute atomic E-state index is 12.3. The first kappa shape index (κ1) is 19.2. The number of rotatable bonds is 7. The average Bonchev–Trinajstić information content (AvgIpc) is 2.97. The van der Waals surface area contributed by atoms with Gasteiger partial charge < -0.3 is 10.4 Å². The van der Waals surface area contributed by atoms with Crippen molar-refractivity contribution in [3.63, 3.8) is 0 Å². The number of fused-ring (bicyclic) bond motifs is 1. The van der Waals surface area contributed by atoms with E-state index in [-0.39, 0.29) is 24.0 Å². The van der Waals surface area contributed by atoms with Gasteiger partial charge in [0.15, 0.2) is 0 Å². The standard InChI is InChI=1S/C19H21N3O4S/c1-13-5-2-8-17-18(13)16(19(24)22-17)12-20-14-6-3-7-15(11-14)27(25,26)21-9-4-10-23/h2-3,5-8,11-12,16,21,23H,4,9-10H2,1H3,(H,22,24). The Morgan fingerprint density at radius 1 is 1.26 bits per heavy atom. The van der Waals surface area contributed by atoms with Crippen LogP contribution in [0, 0.1) is 6.92 Å². The first-order valence-electron chi connectivity index (χ1n) is 8.57. The van der Waals surface area contributed by atoms with E-state index in [1.807, 2.05) is 25.1 Å². The topological polar surface area (TPSA) is 108 Å². The highest BCUT2D eigenvalue weighted by Gasteiger charge is 2.30. The first-order valence-corrected chi connectivity index (χ1v) is 10.1. The molecule has 1 aliphatic heterocycles. The number of sulfonamides is 1. The third-order valence-electron chi connectivity index (χ3n) is 4.30. The van der Waals surface area contributed by atoms with Crippen molar-refractivity contribution < 1.29 is 18.3 Å². The highest BCUT2D eigenvalue weighted by Crippen LogP contribution is 2.34. The van der Waals surface area contributed by atoms with E-state index in [1.165, 1.54) is 12.1 Å². The van der Waals surface area contributed by atoms with Crippen molar-refractivity contribution in [2.45, 2.75) is 24.2 Å². The lowest BCUT2D eigenvalue weighted by Gasteiger charge is -2.07. The summed E-state index contributed by atoms with van der Waals surface area (Å²) in [6, 6.07) is 11.9. The van der Waals surface area contributed by atoms with E-state index in [1.54, 1.807) is 18.3 Å². The number of anilines is 1. The molecular weight excluding hydrogens is 366 g/mol. The lowest BCUT2D eigenvalue weighted by Crippen LogP contribution is -2.25. The molecule has 7 nitrogen and oxygen atoms in total. The molecule has 0 fully saturated rings. The normalized spacial score (nSPS) is 16.5. The van der Waals surface area contributed by atoms with Crippen LogP contribution in [0.25, 0.3) is 0 Å². The van der Waals surface area contributed by atoms with Crippen LogP contribution in [0.3, 0.4) is 0 Å². The summed E-state index contributed by atoms with van der Waals surface area (Å²) in [6.07, 6.45) is 1.88. The fourth-order valence-corrected chi connectivity index (χ4v) is 4.06. The number of carbonyl (C=O) groups excluding carboxylic acids is 1. The minimum atomic E-state index is -3.67. The third kappa shape index (κ3) is 4.24. The molecule has 3 N–H and O–H groups in total. The number of nitrogens with one attached hydrogen (secondary N) is 2. The number of nitrogens with zero attached hydrogens (tertiary/aromatic N) is 1. The van der Waals surface area contributed by atoms with Crippen LogP contribution in [-0.4, -0.2) is 38.8 Å². The lowest BCUT2D eigenvalue weighted by molar-refractivity contribution is -0.115. The number of hydrogen-bond acceptors (Lipinski definition) is 5. The molecule has 1 aliphatic rings.